The van der Waals surface area contributed by atoms with Crippen LogP contribution >= 0.6 is 0 Å². The molecule has 0 bridgehead atoms. The number of hydrogen-bond acceptors (Lipinski definition) is 5. The molecule has 1 heterocycles. The number of rotatable bonds is 5. The van der Waals surface area contributed by atoms with Crippen LogP contribution in [0.3, 0.4) is 0 Å². The van der Waals surface area contributed by atoms with Gasteiger partial charge in [0.25, 0.3) is 0 Å². The van der Waals surface area contributed by atoms with E-state index in [1.165, 1.54) is 14.2 Å². The normalized spacial score (nSPS) is 10.4. The summed E-state index contributed by atoms with van der Waals surface area (Å²) >= 11 is 0. The third-order valence-corrected chi connectivity index (χ3v) is 3.38. The lowest BCUT2D eigenvalue weighted by Crippen LogP contribution is -2.12. The van der Waals surface area contributed by atoms with Crippen molar-refractivity contribution in [3.05, 3.63) is 46.1 Å². The minimum absolute atomic E-state index is 0.127. The molecule has 0 N–H and O–H groups in total. The molecule has 0 saturated heterocycles. The second kappa shape index (κ2) is 6.56. The van der Waals surface area contributed by atoms with Gasteiger partial charge in [-0.3, -0.25) is 4.79 Å². The molecule has 2 aromatic rings. The van der Waals surface area contributed by atoms with Crippen LogP contribution in [0, 0.1) is 13.8 Å². The van der Waals surface area contributed by atoms with Gasteiger partial charge in [0.05, 0.1) is 14.2 Å². The van der Waals surface area contributed by atoms with Crippen molar-refractivity contribution >= 4 is 5.78 Å². The van der Waals surface area contributed by atoms with Gasteiger partial charge in [-0.2, -0.15) is 9.97 Å². The molecular formula is C17H20N2O3. The van der Waals surface area contributed by atoms with Gasteiger partial charge in [0, 0.05) is 11.1 Å². The Kier molecular flexibility index (Phi) is 4.75. The second-order valence-electron chi connectivity index (χ2n) is 5.11. The maximum atomic E-state index is 12.9. The first-order valence-corrected chi connectivity index (χ1v) is 7.12. The van der Waals surface area contributed by atoms with Crippen LogP contribution in [-0.4, -0.2) is 30.0 Å². The molecule has 0 amide bonds. The molecule has 0 spiro atoms. The van der Waals surface area contributed by atoms with Crippen molar-refractivity contribution in [1.82, 2.24) is 9.97 Å². The summed E-state index contributed by atoms with van der Waals surface area (Å²) in [6.07, 6.45) is 0.596. The van der Waals surface area contributed by atoms with Crippen LogP contribution in [0.5, 0.6) is 11.9 Å². The zero-order valence-electron chi connectivity index (χ0n) is 13.6. The lowest BCUT2D eigenvalue weighted by atomic mass is 9.99. The van der Waals surface area contributed by atoms with Crippen molar-refractivity contribution in [3.8, 4) is 11.9 Å². The van der Waals surface area contributed by atoms with Crippen molar-refractivity contribution in [2.24, 2.45) is 0 Å². The highest BCUT2D eigenvalue weighted by Crippen LogP contribution is 2.25. The summed E-state index contributed by atoms with van der Waals surface area (Å²) in [5, 5.41) is 0. The number of carbonyl (C=O) groups is 1. The van der Waals surface area contributed by atoms with E-state index in [4.69, 9.17) is 9.47 Å². The summed E-state index contributed by atoms with van der Waals surface area (Å²) in [5.74, 6) is 0.227. The minimum atomic E-state index is -0.150. The van der Waals surface area contributed by atoms with Crippen LogP contribution in [0.1, 0.15) is 39.7 Å². The third-order valence-electron chi connectivity index (χ3n) is 3.38. The van der Waals surface area contributed by atoms with E-state index in [-0.39, 0.29) is 11.8 Å². The molecule has 2 rings (SSSR count). The summed E-state index contributed by atoms with van der Waals surface area (Å²) < 4.78 is 10.3. The van der Waals surface area contributed by atoms with Crippen LogP contribution in [-0.2, 0) is 6.42 Å². The summed E-state index contributed by atoms with van der Waals surface area (Å²) in [6.45, 7) is 5.86. The minimum Gasteiger partial charge on any atom is -0.481 e. The predicted octanol–water partition coefficient (Wildman–Crippen LogP) is 2.90. The molecule has 0 unspecified atom stereocenters. The second-order valence-corrected chi connectivity index (χ2v) is 5.11. The van der Waals surface area contributed by atoms with Crippen LogP contribution in [0.15, 0.2) is 18.2 Å². The van der Waals surface area contributed by atoms with E-state index in [1.54, 1.807) is 0 Å². The molecule has 5 heteroatoms. The number of aryl methyl sites for hydroxylation is 2. The molecule has 0 aliphatic carbocycles. The smallest absolute Gasteiger partial charge is 0.320 e. The topological polar surface area (TPSA) is 61.3 Å². The van der Waals surface area contributed by atoms with Gasteiger partial charge in [-0.15, -0.1) is 0 Å². The largest absolute Gasteiger partial charge is 0.481 e. The molecule has 0 fully saturated rings. The van der Waals surface area contributed by atoms with Crippen molar-refractivity contribution in [3.63, 3.8) is 0 Å². The number of hydrogen-bond donors (Lipinski definition) is 0. The van der Waals surface area contributed by atoms with E-state index in [2.05, 4.69) is 9.97 Å². The van der Waals surface area contributed by atoms with E-state index in [0.29, 0.717) is 29.1 Å². The Bertz CT molecular complexity index is 691. The predicted molar refractivity (Wildman–Crippen MR) is 83.9 cm³/mol. The summed E-state index contributed by atoms with van der Waals surface area (Å²) in [4.78, 5) is 21.3. The molecule has 1 aromatic heterocycles. The Labute approximate surface area is 130 Å². The average molecular weight is 300 g/mol. The van der Waals surface area contributed by atoms with Gasteiger partial charge in [0.1, 0.15) is 5.69 Å². The quantitative estimate of drug-likeness (QED) is 0.795. The Morgan fingerprint density at radius 1 is 1.05 bits per heavy atom. The number of aromatic nitrogens is 2. The zero-order chi connectivity index (χ0) is 16.3. The van der Waals surface area contributed by atoms with Gasteiger partial charge >= 0.3 is 6.01 Å². The number of benzene rings is 1. The molecule has 5 nitrogen and oxygen atoms in total. The molecule has 22 heavy (non-hydrogen) atoms. The fourth-order valence-electron chi connectivity index (χ4n) is 2.45. The SMILES string of the molecule is CCc1c(OC)nc(OC)nc1C(=O)c1cc(C)cc(C)c1. The molecule has 1 aromatic carbocycles. The Balaban J connectivity index is 2.61. The molecule has 0 radical (unpaired) electrons. The molecule has 0 aliphatic rings. The molecule has 116 valence electrons. The average Bonchev–Trinajstić information content (AvgIpc) is 2.51. The van der Waals surface area contributed by atoms with Gasteiger partial charge in [0.15, 0.2) is 0 Å². The molecule has 0 atom stereocenters. The highest BCUT2D eigenvalue weighted by molar-refractivity contribution is 6.09. The number of nitrogens with zero attached hydrogens (tertiary/aromatic N) is 2. The lowest BCUT2D eigenvalue weighted by Gasteiger charge is -2.12. The van der Waals surface area contributed by atoms with Crippen LogP contribution < -0.4 is 9.47 Å². The monoisotopic (exact) mass is 300 g/mol. The van der Waals surface area contributed by atoms with Gasteiger partial charge in [-0.1, -0.05) is 24.1 Å². The van der Waals surface area contributed by atoms with E-state index in [0.717, 1.165) is 11.1 Å². The van der Waals surface area contributed by atoms with E-state index < -0.39 is 0 Å². The van der Waals surface area contributed by atoms with Gasteiger partial charge in [0.2, 0.25) is 11.7 Å². The first-order valence-electron chi connectivity index (χ1n) is 7.12. The standard InChI is InChI=1S/C17H20N2O3/c1-6-13-14(18-17(22-5)19-16(13)21-4)15(20)12-8-10(2)7-11(3)9-12/h7-9H,6H2,1-5H3. The van der Waals surface area contributed by atoms with Crippen molar-refractivity contribution in [2.75, 3.05) is 14.2 Å². The number of ether oxygens (including phenoxy) is 2. The first-order chi connectivity index (χ1) is 10.5. The molecule has 0 aliphatic heterocycles. The maximum absolute atomic E-state index is 12.9. The molecular weight excluding hydrogens is 280 g/mol. The number of methoxy groups -OCH3 is 2. The van der Waals surface area contributed by atoms with Crippen LogP contribution in [0.4, 0.5) is 0 Å². The van der Waals surface area contributed by atoms with E-state index >= 15 is 0 Å². The lowest BCUT2D eigenvalue weighted by molar-refractivity contribution is 0.103. The van der Waals surface area contributed by atoms with Crippen LogP contribution in [0.2, 0.25) is 0 Å². The van der Waals surface area contributed by atoms with Crippen LogP contribution in [0.25, 0.3) is 0 Å². The number of ketones is 1. The number of carbonyl (C=O) groups excluding carboxylic acids is 1. The van der Waals surface area contributed by atoms with Gasteiger partial charge in [-0.05, 0) is 32.4 Å². The maximum Gasteiger partial charge on any atom is 0.320 e. The summed E-state index contributed by atoms with van der Waals surface area (Å²) in [6, 6.07) is 5.87. The Hall–Kier alpha value is -2.43. The van der Waals surface area contributed by atoms with Crippen molar-refractivity contribution in [1.29, 1.82) is 0 Å². The van der Waals surface area contributed by atoms with E-state index in [9.17, 15) is 4.79 Å². The first kappa shape index (κ1) is 15.9. The van der Waals surface area contributed by atoms with Gasteiger partial charge < -0.3 is 9.47 Å². The molecule has 0 saturated carbocycles. The highest BCUT2D eigenvalue weighted by atomic mass is 16.5. The van der Waals surface area contributed by atoms with Crippen molar-refractivity contribution in [2.45, 2.75) is 27.2 Å². The Morgan fingerprint density at radius 3 is 2.18 bits per heavy atom. The van der Waals surface area contributed by atoms with Gasteiger partial charge in [-0.25, -0.2) is 0 Å². The summed E-state index contributed by atoms with van der Waals surface area (Å²) in [5.41, 5.74) is 3.70. The van der Waals surface area contributed by atoms with Crippen molar-refractivity contribution < 1.29 is 14.3 Å². The third kappa shape index (κ3) is 3.08. The zero-order valence-corrected chi connectivity index (χ0v) is 13.6. The Morgan fingerprint density at radius 2 is 1.68 bits per heavy atom. The fourth-order valence-corrected chi connectivity index (χ4v) is 2.45. The fraction of sp³-hybridized carbons (Fsp3) is 0.353. The van der Waals surface area contributed by atoms with E-state index in [1.807, 2.05) is 39.0 Å². The summed E-state index contributed by atoms with van der Waals surface area (Å²) in [7, 11) is 2.98. The highest BCUT2D eigenvalue weighted by Gasteiger charge is 2.21.